The molecule has 2 fully saturated rings. The van der Waals surface area contributed by atoms with Gasteiger partial charge in [-0.05, 0) is 25.3 Å². The Hall–Kier alpha value is -0.0800. The van der Waals surface area contributed by atoms with Crippen molar-refractivity contribution < 1.29 is 4.74 Å². The highest BCUT2D eigenvalue weighted by molar-refractivity contribution is 4.72. The maximum atomic E-state index is 5.75. The quantitative estimate of drug-likeness (QED) is 0.689. The van der Waals surface area contributed by atoms with Crippen molar-refractivity contribution in [2.24, 2.45) is 5.92 Å². The molecule has 0 aromatic carbocycles. The zero-order valence-electron chi connectivity index (χ0n) is 7.72. The van der Waals surface area contributed by atoms with Gasteiger partial charge in [0.2, 0.25) is 0 Å². The van der Waals surface area contributed by atoms with Crippen LogP contribution in [0, 0.1) is 5.92 Å². The molecular weight excluding hydrogens is 150 g/mol. The van der Waals surface area contributed by atoms with Crippen LogP contribution in [0.3, 0.4) is 0 Å². The first kappa shape index (κ1) is 8.52. The van der Waals surface area contributed by atoms with Crippen LogP contribution < -0.4 is 5.32 Å². The third kappa shape index (κ3) is 2.20. The van der Waals surface area contributed by atoms with Gasteiger partial charge in [0.1, 0.15) is 0 Å². The predicted octanol–water partition coefficient (Wildman–Crippen LogP) is 1.56. The van der Waals surface area contributed by atoms with Crippen molar-refractivity contribution in [1.82, 2.24) is 5.32 Å². The molecule has 1 saturated heterocycles. The maximum Gasteiger partial charge on any atom is 0.0711 e. The smallest absolute Gasteiger partial charge is 0.0711 e. The standard InChI is InChI=1S/C10H19NO/c1-2-9(3-1)5-7-12-10-4-6-11-8-10/h9-11H,1-8H2/t10-/m0/s1. The van der Waals surface area contributed by atoms with E-state index in [1.165, 1.54) is 32.1 Å². The summed E-state index contributed by atoms with van der Waals surface area (Å²) >= 11 is 0. The lowest BCUT2D eigenvalue weighted by atomic mass is 9.83. The number of hydrogen-bond donors (Lipinski definition) is 1. The Bertz CT molecular complexity index is 128. The Morgan fingerprint density at radius 3 is 2.75 bits per heavy atom. The van der Waals surface area contributed by atoms with E-state index in [-0.39, 0.29) is 0 Å². The van der Waals surface area contributed by atoms with E-state index >= 15 is 0 Å². The summed E-state index contributed by atoms with van der Waals surface area (Å²) < 4.78 is 5.75. The highest BCUT2D eigenvalue weighted by atomic mass is 16.5. The molecule has 2 heteroatoms. The van der Waals surface area contributed by atoms with E-state index in [0.29, 0.717) is 6.10 Å². The lowest BCUT2D eigenvalue weighted by Crippen LogP contribution is -2.20. The van der Waals surface area contributed by atoms with Crippen molar-refractivity contribution in [3.8, 4) is 0 Å². The minimum atomic E-state index is 0.519. The molecule has 1 atom stereocenters. The topological polar surface area (TPSA) is 21.3 Å². The summed E-state index contributed by atoms with van der Waals surface area (Å²) in [5.41, 5.74) is 0. The normalized spacial score (nSPS) is 30.5. The Morgan fingerprint density at radius 1 is 1.25 bits per heavy atom. The summed E-state index contributed by atoms with van der Waals surface area (Å²) in [5.74, 6) is 0.999. The van der Waals surface area contributed by atoms with E-state index in [4.69, 9.17) is 4.74 Å². The van der Waals surface area contributed by atoms with Gasteiger partial charge >= 0.3 is 0 Å². The van der Waals surface area contributed by atoms with Gasteiger partial charge < -0.3 is 10.1 Å². The van der Waals surface area contributed by atoms with Gasteiger partial charge in [-0.25, -0.2) is 0 Å². The fourth-order valence-electron chi connectivity index (χ4n) is 1.95. The minimum absolute atomic E-state index is 0.519. The first-order valence-electron chi connectivity index (χ1n) is 5.27. The molecule has 70 valence electrons. The van der Waals surface area contributed by atoms with Crippen LogP contribution in [0.2, 0.25) is 0 Å². The van der Waals surface area contributed by atoms with Gasteiger partial charge in [-0.15, -0.1) is 0 Å². The molecule has 0 bridgehead atoms. The maximum absolute atomic E-state index is 5.75. The average molecular weight is 169 g/mol. The molecule has 1 saturated carbocycles. The monoisotopic (exact) mass is 169 g/mol. The van der Waals surface area contributed by atoms with E-state index in [9.17, 15) is 0 Å². The number of rotatable bonds is 4. The fraction of sp³-hybridized carbons (Fsp3) is 1.00. The number of nitrogens with one attached hydrogen (secondary N) is 1. The largest absolute Gasteiger partial charge is 0.377 e. The molecule has 1 aliphatic carbocycles. The summed E-state index contributed by atoms with van der Waals surface area (Å²) in [7, 11) is 0. The second-order valence-electron chi connectivity index (χ2n) is 4.07. The molecule has 0 unspecified atom stereocenters. The number of hydrogen-bond acceptors (Lipinski definition) is 2. The molecule has 1 heterocycles. The van der Waals surface area contributed by atoms with E-state index in [2.05, 4.69) is 5.32 Å². The summed E-state index contributed by atoms with van der Waals surface area (Å²) in [6.45, 7) is 3.22. The van der Waals surface area contributed by atoms with Crippen molar-refractivity contribution in [3.63, 3.8) is 0 Å². The lowest BCUT2D eigenvalue weighted by molar-refractivity contribution is 0.0501. The third-order valence-electron chi connectivity index (χ3n) is 3.12. The second kappa shape index (κ2) is 4.24. The summed E-state index contributed by atoms with van der Waals surface area (Å²) in [6.07, 6.45) is 7.39. The van der Waals surface area contributed by atoms with Crippen LogP contribution in [-0.2, 0) is 4.74 Å². The number of ether oxygens (including phenoxy) is 1. The van der Waals surface area contributed by atoms with Gasteiger partial charge in [0.05, 0.1) is 6.10 Å². The molecular formula is C10H19NO. The van der Waals surface area contributed by atoms with Gasteiger partial charge in [0.15, 0.2) is 0 Å². The van der Waals surface area contributed by atoms with Crippen LogP contribution in [-0.4, -0.2) is 25.8 Å². The fourth-order valence-corrected chi connectivity index (χ4v) is 1.95. The molecule has 0 radical (unpaired) electrons. The van der Waals surface area contributed by atoms with Crippen LogP contribution in [0.25, 0.3) is 0 Å². The van der Waals surface area contributed by atoms with Gasteiger partial charge in [0, 0.05) is 13.2 Å². The van der Waals surface area contributed by atoms with E-state index in [1.807, 2.05) is 0 Å². The van der Waals surface area contributed by atoms with E-state index < -0.39 is 0 Å². The Balaban J connectivity index is 1.49. The van der Waals surface area contributed by atoms with Crippen LogP contribution >= 0.6 is 0 Å². The van der Waals surface area contributed by atoms with E-state index in [0.717, 1.165) is 25.6 Å². The first-order chi connectivity index (χ1) is 5.95. The van der Waals surface area contributed by atoms with Gasteiger partial charge in [-0.1, -0.05) is 19.3 Å². The van der Waals surface area contributed by atoms with Crippen molar-refractivity contribution in [3.05, 3.63) is 0 Å². The molecule has 2 rings (SSSR count). The zero-order valence-corrected chi connectivity index (χ0v) is 7.72. The van der Waals surface area contributed by atoms with Gasteiger partial charge in [-0.3, -0.25) is 0 Å². The van der Waals surface area contributed by atoms with E-state index in [1.54, 1.807) is 0 Å². The highest BCUT2D eigenvalue weighted by Gasteiger charge is 2.19. The van der Waals surface area contributed by atoms with Crippen molar-refractivity contribution in [2.45, 2.75) is 38.2 Å². The molecule has 1 aliphatic heterocycles. The van der Waals surface area contributed by atoms with Gasteiger partial charge in [0.25, 0.3) is 0 Å². The molecule has 12 heavy (non-hydrogen) atoms. The van der Waals surface area contributed by atoms with Crippen molar-refractivity contribution in [2.75, 3.05) is 19.7 Å². The van der Waals surface area contributed by atoms with Crippen LogP contribution in [0.15, 0.2) is 0 Å². The Morgan fingerprint density at radius 2 is 2.17 bits per heavy atom. The summed E-state index contributed by atoms with van der Waals surface area (Å²) in [5, 5.41) is 3.31. The Kier molecular flexibility index (Phi) is 3.01. The summed E-state index contributed by atoms with van der Waals surface area (Å²) in [4.78, 5) is 0. The molecule has 2 aliphatic rings. The molecule has 2 nitrogen and oxygen atoms in total. The summed E-state index contributed by atoms with van der Waals surface area (Å²) in [6, 6.07) is 0. The van der Waals surface area contributed by atoms with Crippen LogP contribution in [0.4, 0.5) is 0 Å². The second-order valence-corrected chi connectivity index (χ2v) is 4.07. The van der Waals surface area contributed by atoms with Crippen LogP contribution in [0.5, 0.6) is 0 Å². The molecule has 0 spiro atoms. The average Bonchev–Trinajstić information content (AvgIpc) is 2.46. The highest BCUT2D eigenvalue weighted by Crippen LogP contribution is 2.29. The lowest BCUT2D eigenvalue weighted by Gasteiger charge is -2.25. The van der Waals surface area contributed by atoms with Crippen LogP contribution in [0.1, 0.15) is 32.1 Å². The first-order valence-corrected chi connectivity index (χ1v) is 5.27. The van der Waals surface area contributed by atoms with Gasteiger partial charge in [-0.2, -0.15) is 0 Å². The SMILES string of the molecule is C1CC(CCO[C@H]2CCNC2)C1. The zero-order chi connectivity index (χ0) is 8.23. The third-order valence-corrected chi connectivity index (χ3v) is 3.12. The Labute approximate surface area is 74.7 Å². The predicted molar refractivity (Wildman–Crippen MR) is 49.2 cm³/mol. The van der Waals surface area contributed by atoms with Crippen molar-refractivity contribution >= 4 is 0 Å². The molecule has 0 aromatic heterocycles. The van der Waals surface area contributed by atoms with Crippen molar-refractivity contribution in [1.29, 1.82) is 0 Å². The molecule has 1 N–H and O–H groups in total. The molecule has 0 amide bonds. The minimum Gasteiger partial charge on any atom is -0.377 e. The molecule has 0 aromatic rings.